The molecule has 1 unspecified atom stereocenters. The number of rotatable bonds is 7. The minimum absolute atomic E-state index is 0.185. The van der Waals surface area contributed by atoms with Crippen molar-refractivity contribution in [3.8, 4) is 5.75 Å². The average molecular weight is 289 g/mol. The molecule has 4 heteroatoms. The number of carboxylic acid groups (broad SMARTS) is 1. The van der Waals surface area contributed by atoms with E-state index in [1.807, 2.05) is 13.0 Å². The summed E-state index contributed by atoms with van der Waals surface area (Å²) < 4.78 is 5.87. The first-order valence-corrected chi connectivity index (χ1v) is 7.89. The molecule has 1 aromatic carbocycles. The van der Waals surface area contributed by atoms with Crippen molar-refractivity contribution in [1.29, 1.82) is 0 Å². The Bertz CT molecular complexity index is 539. The van der Waals surface area contributed by atoms with Gasteiger partial charge in [-0.3, -0.25) is 10.1 Å². The molecule has 0 amide bonds. The lowest BCUT2D eigenvalue weighted by atomic mass is 9.94. The van der Waals surface area contributed by atoms with Gasteiger partial charge in [0.05, 0.1) is 0 Å². The Labute approximate surface area is 125 Å². The predicted octanol–water partition coefficient (Wildman–Crippen LogP) is 2.40. The molecule has 114 valence electrons. The Morgan fingerprint density at radius 1 is 1.38 bits per heavy atom. The summed E-state index contributed by atoms with van der Waals surface area (Å²) >= 11 is 0. The topological polar surface area (TPSA) is 58.6 Å². The van der Waals surface area contributed by atoms with Crippen molar-refractivity contribution in [1.82, 2.24) is 5.32 Å². The lowest BCUT2D eigenvalue weighted by Crippen LogP contribution is -2.58. The van der Waals surface area contributed by atoms with Crippen molar-refractivity contribution in [3.63, 3.8) is 0 Å². The number of likely N-dealkylation sites (N-methyl/N-ethyl adjacent to an activating group) is 1. The Morgan fingerprint density at radius 3 is 2.81 bits per heavy atom. The molecule has 0 aliphatic heterocycles. The molecule has 0 saturated heterocycles. The highest BCUT2D eigenvalue weighted by atomic mass is 16.5. The molecule has 3 rings (SSSR count). The van der Waals surface area contributed by atoms with Crippen molar-refractivity contribution in [2.75, 3.05) is 13.2 Å². The molecule has 2 aliphatic rings. The van der Waals surface area contributed by atoms with Gasteiger partial charge in [-0.25, -0.2) is 0 Å². The van der Waals surface area contributed by atoms with Crippen LogP contribution in [0.4, 0.5) is 0 Å². The summed E-state index contributed by atoms with van der Waals surface area (Å²) in [6.07, 6.45) is 5.39. The first kappa shape index (κ1) is 14.4. The van der Waals surface area contributed by atoms with Gasteiger partial charge in [0.15, 0.2) is 5.54 Å². The van der Waals surface area contributed by atoms with Gasteiger partial charge in [-0.05, 0) is 67.8 Å². The van der Waals surface area contributed by atoms with Gasteiger partial charge in [-0.1, -0.05) is 13.0 Å². The second kappa shape index (κ2) is 5.68. The smallest absolute Gasteiger partial charge is 0.327 e. The summed E-state index contributed by atoms with van der Waals surface area (Å²) in [4.78, 5) is 11.8. The molecular formula is C17H23NO3. The quantitative estimate of drug-likeness (QED) is 0.809. The standard InChI is InChI=1S/C17H23NO3/c1-2-18-17(16(19)20,14-7-8-14)11-21-15-9-6-12-4-3-5-13(12)10-15/h6,9-10,14,18H,2-5,7-8,11H2,1H3,(H,19,20). The monoisotopic (exact) mass is 289 g/mol. The van der Waals surface area contributed by atoms with Crippen molar-refractivity contribution in [2.45, 2.75) is 44.6 Å². The highest BCUT2D eigenvalue weighted by molar-refractivity contribution is 5.80. The second-order valence-electron chi connectivity index (χ2n) is 6.15. The fourth-order valence-corrected chi connectivity index (χ4v) is 3.35. The molecule has 2 aliphatic carbocycles. The van der Waals surface area contributed by atoms with Crippen LogP contribution in [0.25, 0.3) is 0 Å². The van der Waals surface area contributed by atoms with Crippen LogP contribution >= 0.6 is 0 Å². The number of ether oxygens (including phenoxy) is 1. The molecular weight excluding hydrogens is 266 g/mol. The molecule has 4 nitrogen and oxygen atoms in total. The van der Waals surface area contributed by atoms with Gasteiger partial charge >= 0.3 is 5.97 Å². The predicted molar refractivity (Wildman–Crippen MR) is 80.7 cm³/mol. The van der Waals surface area contributed by atoms with Crippen molar-refractivity contribution in [2.24, 2.45) is 5.92 Å². The molecule has 0 heterocycles. The van der Waals surface area contributed by atoms with Crippen LogP contribution < -0.4 is 10.1 Å². The first-order chi connectivity index (χ1) is 10.2. The number of carbonyl (C=O) groups is 1. The normalized spacial score (nSPS) is 19.9. The van der Waals surface area contributed by atoms with E-state index in [0.29, 0.717) is 6.54 Å². The van der Waals surface area contributed by atoms with Crippen LogP contribution in [0.1, 0.15) is 37.3 Å². The Morgan fingerprint density at radius 2 is 2.14 bits per heavy atom. The van der Waals surface area contributed by atoms with Gasteiger partial charge in [0.25, 0.3) is 0 Å². The van der Waals surface area contributed by atoms with E-state index in [-0.39, 0.29) is 12.5 Å². The molecule has 1 fully saturated rings. The molecule has 2 N–H and O–H groups in total. The van der Waals surface area contributed by atoms with Crippen LogP contribution in [0.2, 0.25) is 0 Å². The molecule has 1 aromatic rings. The third-order valence-corrected chi connectivity index (χ3v) is 4.68. The fraction of sp³-hybridized carbons (Fsp3) is 0.588. The van der Waals surface area contributed by atoms with Gasteiger partial charge in [0, 0.05) is 0 Å². The zero-order valence-corrected chi connectivity index (χ0v) is 12.5. The molecule has 0 spiro atoms. The zero-order chi connectivity index (χ0) is 14.9. The van der Waals surface area contributed by atoms with Crippen molar-refractivity contribution in [3.05, 3.63) is 29.3 Å². The van der Waals surface area contributed by atoms with Crippen LogP contribution in [0.5, 0.6) is 5.75 Å². The number of nitrogens with one attached hydrogen (secondary N) is 1. The van der Waals surface area contributed by atoms with Gasteiger partial charge in [-0.15, -0.1) is 0 Å². The first-order valence-electron chi connectivity index (χ1n) is 7.89. The van der Waals surface area contributed by atoms with E-state index in [4.69, 9.17) is 4.74 Å². The van der Waals surface area contributed by atoms with E-state index in [0.717, 1.165) is 31.4 Å². The lowest BCUT2D eigenvalue weighted by Gasteiger charge is -2.30. The van der Waals surface area contributed by atoms with Crippen molar-refractivity contribution < 1.29 is 14.6 Å². The number of fused-ring (bicyclic) bond motifs is 1. The van der Waals surface area contributed by atoms with Crippen LogP contribution in [-0.2, 0) is 17.6 Å². The summed E-state index contributed by atoms with van der Waals surface area (Å²) in [7, 11) is 0. The molecule has 0 aromatic heterocycles. The van der Waals surface area contributed by atoms with E-state index >= 15 is 0 Å². The number of carboxylic acids is 1. The van der Waals surface area contributed by atoms with Gasteiger partial charge in [-0.2, -0.15) is 0 Å². The molecule has 1 atom stereocenters. The summed E-state index contributed by atoms with van der Waals surface area (Å²) in [6.45, 7) is 2.77. The minimum atomic E-state index is -0.937. The third-order valence-electron chi connectivity index (χ3n) is 4.68. The lowest BCUT2D eigenvalue weighted by molar-refractivity contribution is -0.147. The molecule has 21 heavy (non-hydrogen) atoms. The SMILES string of the molecule is CCNC(COc1ccc2c(c1)CCC2)(C(=O)O)C1CC1. The van der Waals surface area contributed by atoms with Gasteiger partial charge in [0.2, 0.25) is 0 Å². The Balaban J connectivity index is 1.73. The zero-order valence-electron chi connectivity index (χ0n) is 12.5. The van der Waals surface area contributed by atoms with E-state index in [1.54, 1.807) is 0 Å². The minimum Gasteiger partial charge on any atom is -0.491 e. The van der Waals surface area contributed by atoms with Crippen LogP contribution in [0, 0.1) is 5.92 Å². The maximum Gasteiger partial charge on any atom is 0.327 e. The largest absolute Gasteiger partial charge is 0.491 e. The highest BCUT2D eigenvalue weighted by Gasteiger charge is 2.51. The number of aliphatic carboxylic acids is 1. The van der Waals surface area contributed by atoms with Crippen LogP contribution in [0.15, 0.2) is 18.2 Å². The summed E-state index contributed by atoms with van der Waals surface area (Å²) in [6, 6.07) is 6.16. The fourth-order valence-electron chi connectivity index (χ4n) is 3.35. The Hall–Kier alpha value is -1.55. The van der Waals surface area contributed by atoms with Crippen LogP contribution in [-0.4, -0.2) is 29.8 Å². The number of benzene rings is 1. The number of hydrogen-bond acceptors (Lipinski definition) is 3. The van der Waals surface area contributed by atoms with Gasteiger partial charge in [0.1, 0.15) is 12.4 Å². The van der Waals surface area contributed by atoms with Crippen LogP contribution in [0.3, 0.4) is 0 Å². The maximum absolute atomic E-state index is 11.8. The third kappa shape index (κ3) is 2.77. The molecule has 0 bridgehead atoms. The van der Waals surface area contributed by atoms with E-state index < -0.39 is 11.5 Å². The van der Waals surface area contributed by atoms with E-state index in [2.05, 4.69) is 17.4 Å². The summed E-state index contributed by atoms with van der Waals surface area (Å²) in [5.74, 6) is 0.178. The Kier molecular flexibility index (Phi) is 3.89. The number of aryl methyl sites for hydroxylation is 2. The second-order valence-corrected chi connectivity index (χ2v) is 6.15. The maximum atomic E-state index is 11.8. The van der Waals surface area contributed by atoms with Crippen molar-refractivity contribution >= 4 is 5.97 Å². The average Bonchev–Trinajstić information content (AvgIpc) is 3.21. The van der Waals surface area contributed by atoms with E-state index in [9.17, 15) is 9.90 Å². The highest BCUT2D eigenvalue weighted by Crippen LogP contribution is 2.40. The van der Waals surface area contributed by atoms with E-state index in [1.165, 1.54) is 17.5 Å². The number of hydrogen-bond donors (Lipinski definition) is 2. The molecule has 1 saturated carbocycles. The summed E-state index contributed by atoms with van der Waals surface area (Å²) in [5, 5.41) is 12.8. The molecule has 0 radical (unpaired) electrons. The van der Waals surface area contributed by atoms with Gasteiger partial charge < -0.3 is 9.84 Å². The summed E-state index contributed by atoms with van der Waals surface area (Å²) in [5.41, 5.74) is 1.82.